The summed E-state index contributed by atoms with van der Waals surface area (Å²) < 4.78 is 13.4. The van der Waals surface area contributed by atoms with E-state index in [0.29, 0.717) is 0 Å². The van der Waals surface area contributed by atoms with Crippen molar-refractivity contribution in [1.29, 1.82) is 0 Å². The smallest absolute Gasteiger partial charge is 0.324 e. The first-order valence-corrected chi connectivity index (χ1v) is 7.26. The fraction of sp³-hybridized carbons (Fsp3) is 0.438. The highest BCUT2D eigenvalue weighted by atomic mass is 16.6. The number of aliphatic carboxylic acids is 1. The topological polar surface area (TPSA) is 160 Å². The van der Waals surface area contributed by atoms with Gasteiger partial charge in [-0.2, -0.15) is 0 Å². The van der Waals surface area contributed by atoms with Crippen LogP contribution in [0.25, 0.3) is 0 Å². The highest BCUT2D eigenvalue weighted by molar-refractivity contribution is 5.99. The summed E-state index contributed by atoms with van der Waals surface area (Å²) in [6, 6.07) is 4.48. The lowest BCUT2D eigenvalue weighted by molar-refractivity contribution is -0.267. The van der Waals surface area contributed by atoms with Crippen LogP contribution < -0.4 is 0 Å². The normalized spacial score (nSPS) is 14.8. The van der Waals surface area contributed by atoms with Gasteiger partial charge in [-0.25, -0.2) is 0 Å². The molecule has 10 heteroatoms. The summed E-state index contributed by atoms with van der Waals surface area (Å²) in [5, 5.41) is 39.6. The van der Waals surface area contributed by atoms with Gasteiger partial charge in [0.15, 0.2) is 18.1 Å². The largest absolute Gasteiger partial charge is 0.480 e. The van der Waals surface area contributed by atoms with Crippen molar-refractivity contribution in [3.63, 3.8) is 0 Å². The third-order valence-corrected chi connectivity index (χ3v) is 3.77. The van der Waals surface area contributed by atoms with E-state index in [1.165, 1.54) is 0 Å². The van der Waals surface area contributed by atoms with E-state index in [4.69, 9.17) is 5.11 Å². The fourth-order valence-corrected chi connectivity index (χ4v) is 2.34. The van der Waals surface area contributed by atoms with E-state index in [-0.39, 0.29) is 11.1 Å². The van der Waals surface area contributed by atoms with Crippen molar-refractivity contribution in [1.82, 2.24) is 0 Å². The Bertz CT molecular complexity index is 651. The zero-order chi connectivity index (χ0) is 20.1. The predicted molar refractivity (Wildman–Crippen MR) is 83.5 cm³/mol. The molecule has 0 radical (unpaired) electrons. The Morgan fingerprint density at radius 2 is 1.46 bits per heavy atom. The third-order valence-electron chi connectivity index (χ3n) is 3.77. The van der Waals surface area contributed by atoms with Gasteiger partial charge in [-0.1, -0.05) is 24.3 Å². The molecule has 0 aliphatic rings. The van der Waals surface area contributed by atoms with Gasteiger partial charge in [0.2, 0.25) is 5.79 Å². The maximum Gasteiger partial charge on any atom is 0.324 e. The molecule has 0 spiro atoms. The van der Waals surface area contributed by atoms with Crippen LogP contribution in [0, 0.1) is 5.92 Å². The molecular weight excluding hydrogens is 352 g/mol. The van der Waals surface area contributed by atoms with Crippen LogP contribution in [-0.2, 0) is 34.4 Å². The van der Waals surface area contributed by atoms with Gasteiger partial charge >= 0.3 is 17.9 Å². The van der Waals surface area contributed by atoms with Gasteiger partial charge in [0, 0.05) is 12.7 Å². The van der Waals surface area contributed by atoms with Crippen LogP contribution in [0.2, 0.25) is 0 Å². The molecule has 0 fully saturated rings. The van der Waals surface area contributed by atoms with Crippen LogP contribution in [0.5, 0.6) is 0 Å². The average molecular weight is 372 g/mol. The molecular formula is C16H20O10. The number of hydrogen-bond acceptors (Lipinski definition) is 9. The van der Waals surface area contributed by atoms with Crippen LogP contribution in [0.1, 0.15) is 17.0 Å². The van der Waals surface area contributed by atoms with Crippen LogP contribution in [0.15, 0.2) is 24.3 Å². The molecule has 0 aliphatic carbocycles. The minimum Gasteiger partial charge on any atom is -0.480 e. The van der Waals surface area contributed by atoms with Gasteiger partial charge in [0.1, 0.15) is 0 Å². The molecule has 10 nitrogen and oxygen atoms in total. The first-order valence-electron chi connectivity index (χ1n) is 7.26. The monoisotopic (exact) mass is 372 g/mol. The van der Waals surface area contributed by atoms with E-state index in [9.17, 15) is 29.7 Å². The van der Waals surface area contributed by atoms with Crippen LogP contribution in [-0.4, -0.2) is 66.0 Å². The van der Waals surface area contributed by atoms with Crippen molar-refractivity contribution in [3.05, 3.63) is 35.4 Å². The fourth-order valence-electron chi connectivity index (χ4n) is 2.34. The third kappa shape index (κ3) is 4.35. The van der Waals surface area contributed by atoms with Gasteiger partial charge in [-0.3, -0.25) is 14.4 Å². The molecule has 1 rings (SSSR count). The average Bonchev–Trinajstić information content (AvgIpc) is 2.61. The second kappa shape index (κ2) is 8.72. The number of rotatable bonds is 8. The molecule has 3 atom stereocenters. The Hall–Kier alpha value is -2.53. The summed E-state index contributed by atoms with van der Waals surface area (Å²) in [6.45, 7) is 0. The lowest BCUT2D eigenvalue weighted by atomic mass is 9.89. The van der Waals surface area contributed by atoms with Crippen molar-refractivity contribution >= 4 is 17.9 Å². The van der Waals surface area contributed by atoms with Crippen molar-refractivity contribution in [2.24, 2.45) is 5.92 Å². The van der Waals surface area contributed by atoms with E-state index in [1.807, 2.05) is 0 Å². The zero-order valence-corrected chi connectivity index (χ0v) is 14.3. The van der Waals surface area contributed by atoms with E-state index in [2.05, 4.69) is 14.2 Å². The molecule has 0 bridgehead atoms. The molecule has 0 aromatic heterocycles. The lowest BCUT2D eigenvalue weighted by Gasteiger charge is -2.32. The van der Waals surface area contributed by atoms with Crippen molar-refractivity contribution in [3.8, 4) is 0 Å². The SMILES string of the molecule is COC(=O)C(C(=O)O)c1ccc(C(O)(O)C(C(=O)OC)C(O)OC)cc1. The molecule has 26 heavy (non-hydrogen) atoms. The van der Waals surface area contributed by atoms with Crippen molar-refractivity contribution in [2.45, 2.75) is 18.0 Å². The molecule has 3 unspecified atom stereocenters. The number of methoxy groups -OCH3 is 3. The van der Waals surface area contributed by atoms with Gasteiger partial charge in [-0.05, 0) is 5.56 Å². The van der Waals surface area contributed by atoms with Crippen LogP contribution >= 0.6 is 0 Å². The second-order valence-electron chi connectivity index (χ2n) is 5.27. The van der Waals surface area contributed by atoms with E-state index < -0.39 is 41.8 Å². The number of ether oxygens (including phenoxy) is 3. The lowest BCUT2D eigenvalue weighted by Crippen LogP contribution is -2.47. The Labute approximate surface area is 148 Å². The van der Waals surface area contributed by atoms with Crippen LogP contribution in [0.3, 0.4) is 0 Å². The number of carboxylic acids is 1. The minimum atomic E-state index is -2.90. The maximum atomic E-state index is 11.8. The summed E-state index contributed by atoms with van der Waals surface area (Å²) in [7, 11) is 3.07. The number of benzene rings is 1. The van der Waals surface area contributed by atoms with E-state index in [0.717, 1.165) is 45.6 Å². The highest BCUT2D eigenvalue weighted by Crippen LogP contribution is 2.32. The van der Waals surface area contributed by atoms with Crippen molar-refractivity contribution in [2.75, 3.05) is 21.3 Å². The van der Waals surface area contributed by atoms with Crippen LogP contribution in [0.4, 0.5) is 0 Å². The summed E-state index contributed by atoms with van der Waals surface area (Å²) in [5.41, 5.74) is -0.243. The number of carbonyl (C=O) groups excluding carboxylic acids is 2. The number of aliphatic hydroxyl groups is 3. The number of hydrogen-bond donors (Lipinski definition) is 4. The van der Waals surface area contributed by atoms with Gasteiger partial charge in [0.05, 0.1) is 14.2 Å². The number of esters is 2. The quantitative estimate of drug-likeness (QED) is 0.251. The maximum absolute atomic E-state index is 11.8. The van der Waals surface area contributed by atoms with Gasteiger partial charge in [0.25, 0.3) is 0 Å². The standard InChI is InChI=1S/C16H20O10/c1-24-13(19)10(12(17)18)8-4-6-9(7-5-8)16(22,23)11(14(20)25-2)15(21)26-3/h4-7,10-11,14,20,22-23H,1-3H3,(H,17,18). The summed E-state index contributed by atoms with van der Waals surface area (Å²) in [4.78, 5) is 34.6. The number of carbonyl (C=O) groups is 3. The molecule has 0 amide bonds. The predicted octanol–water partition coefficient (Wildman–Crippen LogP) is -1.08. The molecule has 4 N–H and O–H groups in total. The van der Waals surface area contributed by atoms with Gasteiger partial charge in [-0.15, -0.1) is 0 Å². The Kier molecular flexibility index (Phi) is 7.21. The Morgan fingerprint density at radius 1 is 0.962 bits per heavy atom. The van der Waals surface area contributed by atoms with E-state index >= 15 is 0 Å². The van der Waals surface area contributed by atoms with Gasteiger partial charge < -0.3 is 34.6 Å². The first-order chi connectivity index (χ1) is 12.1. The molecule has 0 aliphatic heterocycles. The van der Waals surface area contributed by atoms with Crippen molar-refractivity contribution < 1.29 is 49.0 Å². The molecule has 0 saturated carbocycles. The molecule has 0 heterocycles. The molecule has 1 aromatic carbocycles. The number of aliphatic hydroxyl groups excluding tert-OH is 1. The summed E-state index contributed by atoms with van der Waals surface area (Å²) in [6.07, 6.45) is -1.89. The highest BCUT2D eigenvalue weighted by Gasteiger charge is 2.47. The number of carboxylic acid groups (broad SMARTS) is 1. The zero-order valence-electron chi connectivity index (χ0n) is 14.3. The van der Waals surface area contributed by atoms with E-state index in [1.54, 1.807) is 0 Å². The molecule has 0 saturated heterocycles. The Morgan fingerprint density at radius 3 is 1.85 bits per heavy atom. The summed E-state index contributed by atoms with van der Waals surface area (Å²) in [5.74, 6) is -10.0. The Balaban J connectivity index is 3.28. The first kappa shape index (κ1) is 21.5. The summed E-state index contributed by atoms with van der Waals surface area (Å²) >= 11 is 0. The second-order valence-corrected chi connectivity index (χ2v) is 5.27. The molecule has 1 aromatic rings. The minimum absolute atomic E-state index is 0.0193. The molecule has 144 valence electrons.